The van der Waals surface area contributed by atoms with Crippen LogP contribution in [0, 0.1) is 0 Å². The minimum atomic E-state index is 0.520. The van der Waals surface area contributed by atoms with Crippen LogP contribution in [0.25, 0.3) is 106 Å². The zero-order valence-electron chi connectivity index (χ0n) is 27.1. The fourth-order valence-electron chi connectivity index (χ4n) is 7.50. The average Bonchev–Trinajstić information content (AvgIpc) is 3.87. The van der Waals surface area contributed by atoms with Crippen molar-refractivity contribution in [2.45, 2.75) is 0 Å². The van der Waals surface area contributed by atoms with Crippen LogP contribution in [-0.4, -0.2) is 19.5 Å². The maximum absolute atomic E-state index is 6.48. The Hall–Kier alpha value is -7.05. The molecule has 0 unspecified atom stereocenters. The van der Waals surface area contributed by atoms with Crippen molar-refractivity contribution in [3.05, 3.63) is 158 Å². The van der Waals surface area contributed by atoms with Crippen LogP contribution >= 0.6 is 0 Å². The molecular weight excluding hydrogens is 629 g/mol. The Kier molecular flexibility index (Phi) is 5.86. The SMILES string of the molecule is c1ccc(-c2ccc3c(c2)c2ccccc2n3-c2nc(-c3ccc4c(c3)oc3ccccc34)nc(-c3cccc4c3oc3ccccc34)n2)cc1. The smallest absolute Gasteiger partial charge is 0.238 e. The van der Waals surface area contributed by atoms with Gasteiger partial charge in [0, 0.05) is 37.9 Å². The van der Waals surface area contributed by atoms with E-state index in [0.29, 0.717) is 17.6 Å². The van der Waals surface area contributed by atoms with E-state index < -0.39 is 0 Å². The Labute approximate surface area is 290 Å². The highest BCUT2D eigenvalue weighted by Crippen LogP contribution is 2.38. The molecule has 6 heteroatoms. The molecule has 0 radical (unpaired) electrons. The third-order valence-corrected chi connectivity index (χ3v) is 9.89. The Balaban J connectivity index is 1.19. The van der Waals surface area contributed by atoms with E-state index in [1.165, 1.54) is 5.56 Å². The summed E-state index contributed by atoms with van der Waals surface area (Å²) in [5.41, 5.74) is 9.15. The third kappa shape index (κ3) is 4.26. The van der Waals surface area contributed by atoms with Crippen LogP contribution in [0.1, 0.15) is 0 Å². The van der Waals surface area contributed by atoms with E-state index in [-0.39, 0.29) is 0 Å². The van der Waals surface area contributed by atoms with Gasteiger partial charge in [-0.1, -0.05) is 109 Å². The van der Waals surface area contributed by atoms with Crippen molar-refractivity contribution in [3.8, 4) is 39.9 Å². The Morgan fingerprint density at radius 3 is 1.88 bits per heavy atom. The number of fused-ring (bicyclic) bond motifs is 9. The molecule has 0 saturated carbocycles. The fourth-order valence-corrected chi connectivity index (χ4v) is 7.50. The van der Waals surface area contributed by atoms with Gasteiger partial charge < -0.3 is 8.83 Å². The molecule has 0 N–H and O–H groups in total. The van der Waals surface area contributed by atoms with Gasteiger partial charge in [0.15, 0.2) is 11.6 Å². The second-order valence-electron chi connectivity index (χ2n) is 12.8. The van der Waals surface area contributed by atoms with Crippen LogP contribution in [0.4, 0.5) is 0 Å². The normalized spacial score (nSPS) is 11.9. The molecule has 4 aromatic heterocycles. The maximum Gasteiger partial charge on any atom is 0.238 e. The van der Waals surface area contributed by atoms with Crippen molar-refractivity contribution < 1.29 is 8.83 Å². The average molecular weight is 655 g/mol. The number of para-hydroxylation sites is 4. The lowest BCUT2D eigenvalue weighted by atomic mass is 10.0. The number of hydrogen-bond donors (Lipinski definition) is 0. The molecule has 51 heavy (non-hydrogen) atoms. The van der Waals surface area contributed by atoms with E-state index in [2.05, 4.69) is 102 Å². The van der Waals surface area contributed by atoms with Crippen LogP contribution in [0.3, 0.4) is 0 Å². The first-order valence-electron chi connectivity index (χ1n) is 16.9. The highest BCUT2D eigenvalue weighted by molar-refractivity contribution is 6.11. The molecule has 0 amide bonds. The van der Waals surface area contributed by atoms with Crippen LogP contribution in [0.2, 0.25) is 0 Å². The van der Waals surface area contributed by atoms with Crippen LogP contribution < -0.4 is 0 Å². The molecule has 11 aromatic rings. The summed E-state index contributed by atoms with van der Waals surface area (Å²) in [5, 5.41) is 6.44. The van der Waals surface area contributed by atoms with Crippen molar-refractivity contribution >= 4 is 65.7 Å². The molecule has 0 aliphatic rings. The molecular formula is C45H26N4O2. The van der Waals surface area contributed by atoms with E-state index in [9.17, 15) is 0 Å². The maximum atomic E-state index is 6.48. The fraction of sp³-hybridized carbons (Fsp3) is 0. The van der Waals surface area contributed by atoms with Gasteiger partial charge in [-0.2, -0.15) is 9.97 Å². The quantitative estimate of drug-likeness (QED) is 0.189. The molecule has 4 heterocycles. The molecule has 0 aliphatic carbocycles. The van der Waals surface area contributed by atoms with Gasteiger partial charge in [0.05, 0.1) is 16.6 Å². The molecule has 6 nitrogen and oxygen atoms in total. The lowest BCUT2D eigenvalue weighted by Gasteiger charge is -2.11. The van der Waals surface area contributed by atoms with E-state index in [1.807, 2.05) is 60.7 Å². The molecule has 0 saturated heterocycles. The lowest BCUT2D eigenvalue weighted by Crippen LogP contribution is -2.06. The van der Waals surface area contributed by atoms with Gasteiger partial charge in [-0.05, 0) is 59.7 Å². The van der Waals surface area contributed by atoms with Crippen molar-refractivity contribution in [2.24, 2.45) is 0 Å². The monoisotopic (exact) mass is 654 g/mol. The zero-order chi connectivity index (χ0) is 33.5. The first-order chi connectivity index (χ1) is 25.3. The first kappa shape index (κ1) is 27.9. The van der Waals surface area contributed by atoms with E-state index in [1.54, 1.807) is 0 Å². The lowest BCUT2D eigenvalue weighted by molar-refractivity contribution is 0.668. The topological polar surface area (TPSA) is 69.9 Å². The zero-order valence-corrected chi connectivity index (χ0v) is 27.1. The van der Waals surface area contributed by atoms with Gasteiger partial charge in [-0.25, -0.2) is 4.98 Å². The Morgan fingerprint density at radius 1 is 0.373 bits per heavy atom. The van der Waals surface area contributed by atoms with Gasteiger partial charge in [0.2, 0.25) is 5.95 Å². The third-order valence-electron chi connectivity index (χ3n) is 9.89. The van der Waals surface area contributed by atoms with E-state index in [4.69, 9.17) is 23.8 Å². The first-order valence-corrected chi connectivity index (χ1v) is 16.9. The Bertz CT molecular complexity index is 3150. The summed E-state index contributed by atoms with van der Waals surface area (Å²) in [7, 11) is 0. The minimum Gasteiger partial charge on any atom is -0.456 e. The molecule has 0 atom stereocenters. The van der Waals surface area contributed by atoms with E-state index in [0.717, 1.165) is 82.4 Å². The molecule has 7 aromatic carbocycles. The standard InChI is InChI=1S/C45H26N4O2/c1-2-11-27(12-3-1)28-22-24-38-36(25-28)30-13-4-7-18-37(30)49(38)45-47-43(29-21-23-33-31-14-5-8-19-39(31)50-41(33)26-29)46-44(48-45)35-17-10-16-34-32-15-6-9-20-40(32)51-42(34)35/h1-26H. The summed E-state index contributed by atoms with van der Waals surface area (Å²) >= 11 is 0. The van der Waals surface area contributed by atoms with Gasteiger partial charge >= 0.3 is 0 Å². The van der Waals surface area contributed by atoms with Gasteiger partial charge in [0.1, 0.15) is 22.3 Å². The van der Waals surface area contributed by atoms with Crippen LogP contribution in [0.5, 0.6) is 0 Å². The summed E-state index contributed by atoms with van der Waals surface area (Å²) in [6, 6.07) is 54.0. The molecule has 11 rings (SSSR count). The van der Waals surface area contributed by atoms with E-state index >= 15 is 0 Å². The number of rotatable bonds is 4. The van der Waals surface area contributed by atoms with Crippen molar-refractivity contribution in [3.63, 3.8) is 0 Å². The van der Waals surface area contributed by atoms with Crippen molar-refractivity contribution in [1.29, 1.82) is 0 Å². The Morgan fingerprint density at radius 2 is 1.02 bits per heavy atom. The van der Waals surface area contributed by atoms with Gasteiger partial charge in [0.25, 0.3) is 0 Å². The number of furan rings is 2. The largest absolute Gasteiger partial charge is 0.456 e. The molecule has 0 fully saturated rings. The molecule has 0 spiro atoms. The van der Waals surface area contributed by atoms with Crippen LogP contribution in [-0.2, 0) is 0 Å². The number of hydrogen-bond acceptors (Lipinski definition) is 5. The molecule has 0 bridgehead atoms. The predicted octanol–water partition coefficient (Wildman–Crippen LogP) is 11.8. The van der Waals surface area contributed by atoms with Crippen molar-refractivity contribution in [1.82, 2.24) is 19.5 Å². The predicted molar refractivity (Wildman–Crippen MR) is 205 cm³/mol. The number of aromatic nitrogens is 4. The van der Waals surface area contributed by atoms with Gasteiger partial charge in [-0.15, -0.1) is 0 Å². The summed E-state index contributed by atoms with van der Waals surface area (Å²) in [6.45, 7) is 0. The second-order valence-corrected chi connectivity index (χ2v) is 12.8. The summed E-state index contributed by atoms with van der Waals surface area (Å²) in [6.07, 6.45) is 0. The summed E-state index contributed by atoms with van der Waals surface area (Å²) in [5.74, 6) is 1.58. The van der Waals surface area contributed by atoms with Gasteiger partial charge in [-0.3, -0.25) is 4.57 Å². The second kappa shape index (κ2) is 10.7. The van der Waals surface area contributed by atoms with Crippen molar-refractivity contribution in [2.75, 3.05) is 0 Å². The van der Waals surface area contributed by atoms with Crippen LogP contribution in [0.15, 0.2) is 167 Å². The summed E-state index contributed by atoms with van der Waals surface area (Å²) in [4.78, 5) is 15.6. The highest BCUT2D eigenvalue weighted by Gasteiger charge is 2.21. The molecule has 0 aliphatic heterocycles. The number of benzene rings is 7. The highest BCUT2D eigenvalue weighted by atomic mass is 16.3. The number of nitrogens with zero attached hydrogens (tertiary/aromatic N) is 4. The summed E-state index contributed by atoms with van der Waals surface area (Å²) < 4.78 is 14.9. The minimum absolute atomic E-state index is 0.520. The molecule has 238 valence electrons.